The number of hydrogen-bond acceptors (Lipinski definition) is 13. The number of para-hydroxylation sites is 1. The van der Waals surface area contributed by atoms with Crippen LogP contribution in [0, 0.1) is 5.92 Å². The zero-order valence-corrected chi connectivity index (χ0v) is 51.4. The lowest BCUT2D eigenvalue weighted by atomic mass is 10.0. The van der Waals surface area contributed by atoms with E-state index in [0.717, 1.165) is 17.8 Å². The lowest BCUT2D eigenvalue weighted by Crippen LogP contribution is -2.61. The van der Waals surface area contributed by atoms with Gasteiger partial charge in [-0.2, -0.15) is 0 Å². The van der Waals surface area contributed by atoms with E-state index in [4.69, 9.17) is 27.1 Å². The first kappa shape index (κ1) is 70.7. The van der Waals surface area contributed by atoms with Gasteiger partial charge in [0.25, 0.3) is 5.97 Å². The summed E-state index contributed by atoms with van der Waals surface area (Å²) in [4.78, 5) is 175. The minimum atomic E-state index is -1.51. The molecule has 486 valence electrons. The van der Waals surface area contributed by atoms with E-state index in [9.17, 15) is 47.9 Å². The van der Waals surface area contributed by atoms with Gasteiger partial charge in [-0.25, -0.2) is 0 Å². The summed E-state index contributed by atoms with van der Waals surface area (Å²) in [6, 6.07) is 4.86. The Labute approximate surface area is 517 Å². The number of aliphatic imine (C=N–C) groups is 1. The minimum absolute atomic E-state index is 0.00835. The Morgan fingerprint density at radius 1 is 0.742 bits per heavy atom. The Morgan fingerprint density at radius 3 is 2.06 bits per heavy atom. The molecule has 11 amide bonds. The summed E-state index contributed by atoms with van der Waals surface area (Å²) in [5.74, 6) is -9.08. The van der Waals surface area contributed by atoms with Gasteiger partial charge in [-0.05, 0) is 87.3 Å². The average molecular weight is 1240 g/mol. The molecule has 3 saturated heterocycles. The molecule has 0 saturated carbocycles. The van der Waals surface area contributed by atoms with Crippen LogP contribution < -0.4 is 59.7 Å². The first-order valence-electron chi connectivity index (χ1n) is 30.5. The number of nitrogens with one attached hydrogen (secondary N) is 9. The van der Waals surface area contributed by atoms with E-state index < -0.39 is 132 Å². The predicted octanol–water partition coefficient (Wildman–Crippen LogP) is -0.485. The van der Waals surface area contributed by atoms with Gasteiger partial charge in [-0.15, -0.1) is 0 Å². The van der Waals surface area contributed by atoms with E-state index in [1.54, 1.807) is 50.4 Å². The van der Waals surface area contributed by atoms with Gasteiger partial charge in [0.2, 0.25) is 65.0 Å². The summed E-state index contributed by atoms with van der Waals surface area (Å²) in [6.45, 7) is 7.93. The van der Waals surface area contributed by atoms with Crippen molar-refractivity contribution in [1.82, 2.24) is 57.3 Å². The lowest BCUT2D eigenvalue weighted by Gasteiger charge is -2.31. The van der Waals surface area contributed by atoms with Crippen molar-refractivity contribution in [2.75, 3.05) is 26.2 Å². The number of likely N-dealkylation sites (tertiary alicyclic amines) is 1. The van der Waals surface area contributed by atoms with Gasteiger partial charge >= 0.3 is 0 Å². The molecular formula is C61H89N15O13. The van der Waals surface area contributed by atoms with Crippen LogP contribution in [0.15, 0.2) is 65.8 Å². The molecule has 16 N–H and O–H groups in total. The molecule has 3 aromatic rings. The van der Waals surface area contributed by atoms with Crippen LogP contribution in [0.3, 0.4) is 0 Å². The third-order valence-corrected chi connectivity index (χ3v) is 15.6. The molecule has 3 aliphatic heterocycles. The van der Waals surface area contributed by atoms with Crippen LogP contribution in [-0.4, -0.2) is 177 Å². The second kappa shape index (κ2) is 35.0. The zero-order valence-electron chi connectivity index (χ0n) is 51.4. The van der Waals surface area contributed by atoms with Crippen molar-refractivity contribution < 1.29 is 62.6 Å². The number of hydrogen-bond donors (Lipinski definition) is 13. The Morgan fingerprint density at radius 2 is 1.38 bits per heavy atom. The number of aromatic amines is 1. The van der Waals surface area contributed by atoms with E-state index in [-0.39, 0.29) is 102 Å². The van der Waals surface area contributed by atoms with Crippen LogP contribution in [-0.2, 0) is 70.4 Å². The maximum absolute atomic E-state index is 15.1. The maximum Gasteiger partial charge on any atom is 0.300 e. The number of carbonyl (C=O) groups excluding carboxylic acids is 11. The molecule has 0 aliphatic carbocycles. The number of H-pyrrole nitrogens is 1. The molecule has 9 atom stereocenters. The highest BCUT2D eigenvalue weighted by molar-refractivity contribution is 6.00. The van der Waals surface area contributed by atoms with E-state index in [1.807, 2.05) is 31.2 Å². The normalized spacial score (nSPS) is 22.3. The molecule has 0 radical (unpaired) electrons. The Hall–Kier alpha value is -9.11. The fourth-order valence-corrected chi connectivity index (χ4v) is 11.1. The van der Waals surface area contributed by atoms with Crippen molar-refractivity contribution in [3.8, 4) is 0 Å². The molecule has 3 fully saturated rings. The van der Waals surface area contributed by atoms with Crippen LogP contribution in [0.25, 0.3) is 10.9 Å². The molecule has 0 bridgehead atoms. The number of carboxylic acid groups (broad SMARTS) is 1. The van der Waals surface area contributed by atoms with Crippen molar-refractivity contribution in [2.24, 2.45) is 28.1 Å². The highest BCUT2D eigenvalue weighted by atomic mass is 16.4. The number of carbonyl (C=O) groups is 12. The Bertz CT molecular complexity index is 3000. The second-order valence-electron chi connectivity index (χ2n) is 23.0. The van der Waals surface area contributed by atoms with Crippen molar-refractivity contribution in [1.29, 1.82) is 0 Å². The number of aromatic nitrogens is 1. The summed E-state index contributed by atoms with van der Waals surface area (Å²) in [5.41, 5.74) is 18.9. The van der Waals surface area contributed by atoms with E-state index >= 15 is 4.79 Å². The molecule has 6 rings (SSSR count). The SMILES string of the molecule is CC(=O)O.CCCCC(NC(C)=O)C(=O)NC1CC(=O)NCCCCC(C(=O)N2CCCC2C(=O)NC(C(N)=O)C(C)C)NC(=O)C(Cc2c[nH]c3ccccc23)NC(=O)C(CCCN=C(N)N)NC(=O)C(Cc2ccccc2)NC(=O)C2CCCN2C1=O. The van der Waals surface area contributed by atoms with E-state index in [0.29, 0.717) is 36.8 Å². The standard InChI is InChI=1S/C59H85N15O11.C2H4O2/c1-5-6-20-40(66-35(4)75)51(78)71-45-32-48(76)63-26-13-12-22-42(57(84)73-28-16-25-47(73)56(83)72-49(34(2)3)50(60)77)68-54(81)44(31-37-33-65-39-21-11-10-19-38(37)39)69-52(79)41(23-14-27-64-59(61)62)67-53(80)43(30-36-17-8-7-9-18-36)70-55(82)46-24-15-29-74(46)58(45)85;1-2(3)4/h7-11,17-19,21,33-34,40-47,49,65H,5-6,12-16,20,22-32H2,1-4H3,(H2,60,77)(H,63,76)(H,66,75)(H,67,80)(H,68,81)(H,69,79)(H,70,82)(H,71,78)(H,72,83)(H4,61,62,64);1H3,(H,3,4). The quantitative estimate of drug-likeness (QED) is 0.0409. The smallest absolute Gasteiger partial charge is 0.300 e. The molecule has 28 nitrogen and oxygen atoms in total. The second-order valence-corrected chi connectivity index (χ2v) is 23.0. The van der Waals surface area contributed by atoms with Crippen molar-refractivity contribution in [2.45, 2.75) is 185 Å². The van der Waals surface area contributed by atoms with Crippen LogP contribution in [0.1, 0.15) is 129 Å². The van der Waals surface area contributed by atoms with Crippen LogP contribution in [0.5, 0.6) is 0 Å². The highest BCUT2D eigenvalue weighted by Crippen LogP contribution is 2.24. The number of primary amides is 1. The number of guanidine groups is 1. The van der Waals surface area contributed by atoms with Gasteiger partial charge in [-0.1, -0.05) is 82.1 Å². The summed E-state index contributed by atoms with van der Waals surface area (Å²) in [7, 11) is 0. The Kier molecular flexibility index (Phi) is 27.8. The van der Waals surface area contributed by atoms with Gasteiger partial charge in [0.1, 0.15) is 54.4 Å². The first-order chi connectivity index (χ1) is 42.4. The van der Waals surface area contributed by atoms with Crippen molar-refractivity contribution >= 4 is 87.8 Å². The number of amides is 11. The van der Waals surface area contributed by atoms with Gasteiger partial charge in [0, 0.05) is 70.0 Å². The third kappa shape index (κ3) is 21.9. The minimum Gasteiger partial charge on any atom is -0.481 e. The molecule has 0 spiro atoms. The monoisotopic (exact) mass is 1240 g/mol. The number of benzene rings is 2. The number of carboxylic acids is 1. The molecule has 9 unspecified atom stereocenters. The average Bonchev–Trinajstić information content (AvgIpc) is 4.40. The number of nitrogens with zero attached hydrogens (tertiary/aromatic N) is 3. The van der Waals surface area contributed by atoms with Crippen molar-refractivity contribution in [3.05, 3.63) is 71.9 Å². The lowest BCUT2D eigenvalue weighted by molar-refractivity contribution is -0.143. The number of nitrogens with two attached hydrogens (primary N) is 3. The molecule has 2 aromatic carbocycles. The van der Waals surface area contributed by atoms with Crippen LogP contribution >= 0.6 is 0 Å². The summed E-state index contributed by atoms with van der Waals surface area (Å²) < 4.78 is 0. The molecule has 4 heterocycles. The van der Waals surface area contributed by atoms with Gasteiger partial charge in [0.05, 0.1) is 6.42 Å². The fourth-order valence-electron chi connectivity index (χ4n) is 11.1. The van der Waals surface area contributed by atoms with Gasteiger partial charge in [-0.3, -0.25) is 62.5 Å². The number of rotatable bonds is 19. The highest BCUT2D eigenvalue weighted by Gasteiger charge is 2.43. The zero-order chi connectivity index (χ0) is 65.3. The largest absolute Gasteiger partial charge is 0.481 e. The molecule has 89 heavy (non-hydrogen) atoms. The van der Waals surface area contributed by atoms with Crippen LogP contribution in [0.2, 0.25) is 0 Å². The summed E-state index contributed by atoms with van der Waals surface area (Å²) in [6.07, 6.45) is 4.08. The summed E-state index contributed by atoms with van der Waals surface area (Å²) in [5, 5.41) is 30.4. The summed E-state index contributed by atoms with van der Waals surface area (Å²) >= 11 is 0. The van der Waals surface area contributed by atoms with E-state index in [2.05, 4.69) is 52.5 Å². The molecule has 28 heteroatoms. The van der Waals surface area contributed by atoms with Crippen LogP contribution in [0.4, 0.5) is 0 Å². The molecule has 3 aliphatic rings. The Balaban J connectivity index is 0.00000349. The maximum atomic E-state index is 15.1. The first-order valence-corrected chi connectivity index (χ1v) is 30.5. The topological polar surface area (TPSA) is 434 Å². The number of unbranched alkanes of at least 4 members (excludes halogenated alkanes) is 1. The number of fused-ring (bicyclic) bond motifs is 2. The van der Waals surface area contributed by atoms with E-state index in [1.165, 1.54) is 16.7 Å². The third-order valence-electron chi connectivity index (χ3n) is 15.6. The molecular weight excluding hydrogens is 1150 g/mol. The molecule has 1 aromatic heterocycles. The van der Waals surface area contributed by atoms with Gasteiger partial charge in [0.15, 0.2) is 5.96 Å². The van der Waals surface area contributed by atoms with Gasteiger partial charge < -0.3 is 79.6 Å². The number of aliphatic carboxylic acids is 1. The fraction of sp³-hybridized carbons (Fsp3) is 0.557. The predicted molar refractivity (Wildman–Crippen MR) is 329 cm³/mol. The van der Waals surface area contributed by atoms with Crippen molar-refractivity contribution in [3.63, 3.8) is 0 Å².